The molecular weight excluding hydrogens is 542 g/mol. The summed E-state index contributed by atoms with van der Waals surface area (Å²) in [6, 6.07) is -0.531. The second-order valence-corrected chi connectivity index (χ2v) is 12.6. The van der Waals surface area contributed by atoms with Gasteiger partial charge in [-0.05, 0) is 51.4 Å². The Bertz CT molecular complexity index is 711. The maximum atomic E-state index is 12.2. The zero-order valence-corrected chi connectivity index (χ0v) is 29.2. The van der Waals surface area contributed by atoms with Crippen molar-refractivity contribution in [3.63, 3.8) is 0 Å². The normalized spacial score (nSPS) is 13.6. The van der Waals surface area contributed by atoms with Crippen LogP contribution in [0.4, 0.5) is 0 Å². The van der Waals surface area contributed by atoms with Gasteiger partial charge in [0, 0.05) is 6.42 Å². The average molecular weight is 616 g/mol. The van der Waals surface area contributed by atoms with Crippen molar-refractivity contribution >= 4 is 5.91 Å². The van der Waals surface area contributed by atoms with Gasteiger partial charge >= 0.3 is 0 Å². The summed E-state index contributed by atoms with van der Waals surface area (Å²) >= 11 is 0. The summed E-state index contributed by atoms with van der Waals surface area (Å²) in [5.74, 6) is -0.0451. The van der Waals surface area contributed by atoms with Crippen molar-refractivity contribution < 1.29 is 15.0 Å². The molecule has 4 heteroatoms. The van der Waals surface area contributed by atoms with Gasteiger partial charge in [-0.2, -0.15) is 0 Å². The van der Waals surface area contributed by atoms with Crippen LogP contribution in [0.15, 0.2) is 48.6 Å². The third-order valence-electron chi connectivity index (χ3n) is 8.35. The fraction of sp³-hybridized carbons (Fsp3) is 0.775. The van der Waals surface area contributed by atoms with E-state index in [0.29, 0.717) is 12.8 Å². The number of nitrogens with one attached hydrogen (secondary N) is 1. The SMILES string of the molecule is CC/C=C\C/C=C\C/C=C\C/C=C\CCCCCCCCCCCCCCCCCCC(=O)NC(CO)C(O)CCCCC. The summed E-state index contributed by atoms with van der Waals surface area (Å²) in [7, 11) is 0. The Hall–Kier alpha value is -1.65. The largest absolute Gasteiger partial charge is 0.394 e. The number of hydrogen-bond donors (Lipinski definition) is 3. The minimum atomic E-state index is -0.654. The van der Waals surface area contributed by atoms with Crippen molar-refractivity contribution in [3.05, 3.63) is 48.6 Å². The number of aliphatic hydroxyl groups excluding tert-OH is 2. The minimum absolute atomic E-state index is 0.0451. The molecule has 0 aliphatic heterocycles. The number of carbonyl (C=O) groups excluding carboxylic acids is 1. The van der Waals surface area contributed by atoms with Gasteiger partial charge in [-0.15, -0.1) is 0 Å². The molecule has 4 nitrogen and oxygen atoms in total. The Kier molecular flexibility index (Phi) is 34.5. The average Bonchev–Trinajstić information content (AvgIpc) is 3.02. The third kappa shape index (κ3) is 31.8. The molecule has 0 saturated heterocycles. The molecule has 0 aliphatic rings. The van der Waals surface area contributed by atoms with E-state index in [4.69, 9.17) is 0 Å². The lowest BCUT2D eigenvalue weighted by Crippen LogP contribution is -2.45. The lowest BCUT2D eigenvalue weighted by atomic mass is 10.0. The van der Waals surface area contributed by atoms with Gasteiger partial charge in [0.1, 0.15) is 0 Å². The third-order valence-corrected chi connectivity index (χ3v) is 8.35. The summed E-state index contributed by atoms with van der Waals surface area (Å²) in [5.41, 5.74) is 0. The van der Waals surface area contributed by atoms with Gasteiger partial charge in [-0.25, -0.2) is 0 Å². The number of rotatable bonds is 33. The van der Waals surface area contributed by atoms with E-state index in [2.05, 4.69) is 67.8 Å². The molecule has 0 heterocycles. The van der Waals surface area contributed by atoms with Crippen LogP contribution in [0.2, 0.25) is 0 Å². The molecule has 0 aromatic carbocycles. The van der Waals surface area contributed by atoms with E-state index in [-0.39, 0.29) is 12.5 Å². The number of carbonyl (C=O) groups is 1. The van der Waals surface area contributed by atoms with Crippen LogP contribution < -0.4 is 5.32 Å². The monoisotopic (exact) mass is 616 g/mol. The molecule has 0 spiro atoms. The van der Waals surface area contributed by atoms with Crippen molar-refractivity contribution in [1.29, 1.82) is 0 Å². The van der Waals surface area contributed by atoms with Crippen LogP contribution in [0, 0.1) is 0 Å². The Morgan fingerprint density at radius 1 is 0.568 bits per heavy atom. The predicted molar refractivity (Wildman–Crippen MR) is 193 cm³/mol. The van der Waals surface area contributed by atoms with E-state index in [1.807, 2.05) is 0 Å². The molecule has 0 rings (SSSR count). The zero-order valence-electron chi connectivity index (χ0n) is 29.2. The van der Waals surface area contributed by atoms with Gasteiger partial charge < -0.3 is 15.5 Å². The lowest BCUT2D eigenvalue weighted by molar-refractivity contribution is -0.123. The Labute approximate surface area is 274 Å². The molecule has 0 aromatic rings. The van der Waals surface area contributed by atoms with Gasteiger partial charge in [0.05, 0.1) is 18.8 Å². The summed E-state index contributed by atoms with van der Waals surface area (Å²) in [4.78, 5) is 12.2. The maximum absolute atomic E-state index is 12.2. The van der Waals surface area contributed by atoms with Crippen molar-refractivity contribution in [2.45, 2.75) is 193 Å². The van der Waals surface area contributed by atoms with Crippen LogP contribution >= 0.6 is 0 Å². The van der Waals surface area contributed by atoms with Gasteiger partial charge in [0.25, 0.3) is 0 Å². The Balaban J connectivity index is 3.37. The first-order valence-corrected chi connectivity index (χ1v) is 18.8. The fourth-order valence-corrected chi connectivity index (χ4v) is 5.47. The zero-order chi connectivity index (χ0) is 32.2. The summed E-state index contributed by atoms with van der Waals surface area (Å²) in [5, 5.41) is 22.5. The number of hydrogen-bond acceptors (Lipinski definition) is 3. The smallest absolute Gasteiger partial charge is 0.220 e. The van der Waals surface area contributed by atoms with Crippen LogP contribution in [0.3, 0.4) is 0 Å². The summed E-state index contributed by atoms with van der Waals surface area (Å²) in [6.07, 6.45) is 48.1. The molecule has 0 aliphatic carbocycles. The molecule has 2 atom stereocenters. The summed E-state index contributed by atoms with van der Waals surface area (Å²) < 4.78 is 0. The molecule has 2 unspecified atom stereocenters. The van der Waals surface area contributed by atoms with E-state index in [9.17, 15) is 15.0 Å². The Morgan fingerprint density at radius 2 is 1.00 bits per heavy atom. The fourth-order valence-electron chi connectivity index (χ4n) is 5.47. The second kappa shape index (κ2) is 35.8. The predicted octanol–water partition coefficient (Wildman–Crippen LogP) is 11.2. The van der Waals surface area contributed by atoms with Crippen molar-refractivity contribution in [2.75, 3.05) is 6.61 Å². The van der Waals surface area contributed by atoms with Crippen molar-refractivity contribution in [3.8, 4) is 0 Å². The second-order valence-electron chi connectivity index (χ2n) is 12.6. The van der Waals surface area contributed by atoms with E-state index in [1.165, 1.54) is 96.3 Å². The highest BCUT2D eigenvalue weighted by Gasteiger charge is 2.19. The van der Waals surface area contributed by atoms with E-state index in [1.54, 1.807) is 0 Å². The van der Waals surface area contributed by atoms with E-state index in [0.717, 1.165) is 57.8 Å². The first kappa shape index (κ1) is 42.3. The highest BCUT2D eigenvalue weighted by Crippen LogP contribution is 2.15. The first-order valence-electron chi connectivity index (χ1n) is 18.8. The minimum Gasteiger partial charge on any atom is -0.394 e. The molecule has 1 amide bonds. The molecule has 3 N–H and O–H groups in total. The van der Waals surface area contributed by atoms with Crippen LogP contribution in [0.25, 0.3) is 0 Å². The molecule has 0 aromatic heterocycles. The van der Waals surface area contributed by atoms with Gasteiger partial charge in [0.15, 0.2) is 0 Å². The topological polar surface area (TPSA) is 69.6 Å². The number of allylic oxidation sites excluding steroid dienone is 8. The molecule has 0 bridgehead atoms. The number of amides is 1. The van der Waals surface area contributed by atoms with Crippen LogP contribution in [0.5, 0.6) is 0 Å². The molecule has 44 heavy (non-hydrogen) atoms. The summed E-state index contributed by atoms with van der Waals surface area (Å²) in [6.45, 7) is 4.09. The number of aliphatic hydroxyl groups is 2. The van der Waals surface area contributed by atoms with Crippen LogP contribution in [0.1, 0.15) is 181 Å². The molecule has 256 valence electrons. The van der Waals surface area contributed by atoms with Crippen LogP contribution in [-0.2, 0) is 4.79 Å². The molecular formula is C40H73NO3. The molecule has 0 saturated carbocycles. The Morgan fingerprint density at radius 3 is 1.45 bits per heavy atom. The van der Waals surface area contributed by atoms with E-state index >= 15 is 0 Å². The highest BCUT2D eigenvalue weighted by atomic mass is 16.3. The van der Waals surface area contributed by atoms with Crippen molar-refractivity contribution in [1.82, 2.24) is 5.32 Å². The first-order chi connectivity index (χ1) is 21.7. The van der Waals surface area contributed by atoms with Gasteiger partial charge in [0.2, 0.25) is 5.91 Å². The number of unbranched alkanes of at least 4 members (excludes halogenated alkanes) is 18. The highest BCUT2D eigenvalue weighted by molar-refractivity contribution is 5.76. The van der Waals surface area contributed by atoms with Gasteiger partial charge in [-0.1, -0.05) is 172 Å². The lowest BCUT2D eigenvalue weighted by Gasteiger charge is -2.22. The van der Waals surface area contributed by atoms with E-state index < -0.39 is 12.1 Å². The van der Waals surface area contributed by atoms with Crippen molar-refractivity contribution in [2.24, 2.45) is 0 Å². The van der Waals surface area contributed by atoms with Gasteiger partial charge in [-0.3, -0.25) is 4.79 Å². The molecule has 0 radical (unpaired) electrons. The maximum Gasteiger partial charge on any atom is 0.220 e. The quantitative estimate of drug-likeness (QED) is 0.0508. The van der Waals surface area contributed by atoms with Crippen LogP contribution in [-0.4, -0.2) is 34.9 Å². The molecule has 0 fully saturated rings. The standard InChI is InChI=1S/C40H73NO3/c1-3-5-7-8-9-10-11-12-13-14-15-16-17-18-19-20-21-22-23-24-25-26-27-28-29-30-31-32-34-36-40(44)41-38(37-42)39(43)35-33-6-4-2/h5,7,9-10,12-13,15-16,38-39,42-43H,3-4,6,8,11,14,17-37H2,1-2H3,(H,41,44)/b7-5-,10-9-,13-12-,16-15-.